The molecule has 0 saturated carbocycles. The molecule has 0 amide bonds. The van der Waals surface area contributed by atoms with Gasteiger partial charge in [0.2, 0.25) is 0 Å². The van der Waals surface area contributed by atoms with E-state index in [1.54, 1.807) is 37.4 Å². The number of aliphatic carboxylic acids is 1. The highest BCUT2D eigenvalue weighted by molar-refractivity contribution is 9.10. The van der Waals surface area contributed by atoms with Gasteiger partial charge in [0.15, 0.2) is 0 Å². The lowest BCUT2D eigenvalue weighted by Crippen LogP contribution is -2.26. The maximum Gasteiger partial charge on any atom is 0.309 e. The van der Waals surface area contributed by atoms with Gasteiger partial charge in [0.1, 0.15) is 0 Å². The van der Waals surface area contributed by atoms with Gasteiger partial charge in [0, 0.05) is 14.3 Å². The lowest BCUT2D eigenvalue weighted by molar-refractivity contribution is -0.146. The van der Waals surface area contributed by atoms with E-state index in [-0.39, 0.29) is 0 Å². The molecule has 0 fully saturated rings. The molecule has 0 radical (unpaired) electrons. The van der Waals surface area contributed by atoms with Gasteiger partial charge in [-0.15, -0.1) is 23.5 Å². The first kappa shape index (κ1) is 15.9. The van der Waals surface area contributed by atoms with E-state index in [0.717, 1.165) is 10.0 Å². The van der Waals surface area contributed by atoms with Crippen molar-refractivity contribution in [1.29, 1.82) is 0 Å². The molecule has 1 rings (SSSR count). The molecule has 0 aliphatic carbocycles. The third kappa shape index (κ3) is 3.68. The molecule has 5 heteroatoms. The fourth-order valence-electron chi connectivity index (χ4n) is 1.66. The number of thioether (sulfide) groups is 2. The van der Waals surface area contributed by atoms with E-state index in [1.165, 1.54) is 9.79 Å². The van der Waals surface area contributed by atoms with E-state index in [2.05, 4.69) is 22.0 Å². The minimum atomic E-state index is -0.765. The fourth-order valence-corrected chi connectivity index (χ4v) is 4.36. The van der Waals surface area contributed by atoms with Crippen molar-refractivity contribution in [3.05, 3.63) is 22.2 Å². The van der Waals surface area contributed by atoms with E-state index in [9.17, 15) is 9.90 Å². The molecule has 100 valence electrons. The summed E-state index contributed by atoms with van der Waals surface area (Å²) in [7, 11) is 0. The van der Waals surface area contributed by atoms with Gasteiger partial charge in [-0.05, 0) is 66.4 Å². The number of halogens is 1. The van der Waals surface area contributed by atoms with Gasteiger partial charge in [0.25, 0.3) is 0 Å². The van der Waals surface area contributed by atoms with Crippen LogP contribution in [0.25, 0.3) is 0 Å². The summed E-state index contributed by atoms with van der Waals surface area (Å²) >= 11 is 6.94. The number of carboxylic acids is 1. The molecule has 18 heavy (non-hydrogen) atoms. The van der Waals surface area contributed by atoms with Crippen LogP contribution < -0.4 is 0 Å². The molecule has 0 bridgehead atoms. The van der Waals surface area contributed by atoms with E-state index in [4.69, 9.17) is 0 Å². The summed E-state index contributed by atoms with van der Waals surface area (Å²) in [5.74, 6) is -0.765. The average Bonchev–Trinajstić information content (AvgIpc) is 2.27. The van der Waals surface area contributed by atoms with Gasteiger partial charge in [-0.3, -0.25) is 4.79 Å². The van der Waals surface area contributed by atoms with Crippen LogP contribution in [0, 0.1) is 5.41 Å². The van der Waals surface area contributed by atoms with E-state index < -0.39 is 11.4 Å². The molecule has 1 aromatic rings. The Bertz CT molecular complexity index is 459. The Morgan fingerprint density at radius 3 is 2.39 bits per heavy atom. The Kier molecular flexibility index (Phi) is 5.62. The number of hydrogen-bond acceptors (Lipinski definition) is 3. The molecule has 0 heterocycles. The zero-order valence-corrected chi connectivity index (χ0v) is 14.1. The van der Waals surface area contributed by atoms with Crippen molar-refractivity contribution in [3.8, 4) is 0 Å². The largest absolute Gasteiger partial charge is 0.481 e. The van der Waals surface area contributed by atoms with E-state index in [1.807, 2.05) is 18.6 Å². The molecule has 0 aliphatic rings. The zero-order valence-electron chi connectivity index (χ0n) is 10.9. The van der Waals surface area contributed by atoms with Crippen molar-refractivity contribution in [2.75, 3.05) is 12.5 Å². The second-order valence-corrected chi connectivity index (χ2v) is 7.20. The normalized spacial score (nSPS) is 11.6. The van der Waals surface area contributed by atoms with Gasteiger partial charge >= 0.3 is 5.97 Å². The van der Waals surface area contributed by atoms with Crippen LogP contribution in [-0.4, -0.2) is 23.6 Å². The summed E-state index contributed by atoms with van der Waals surface area (Å²) in [6.45, 7) is 3.51. The number of carbonyl (C=O) groups is 1. The van der Waals surface area contributed by atoms with Crippen molar-refractivity contribution >= 4 is 45.4 Å². The number of carboxylic acid groups (broad SMARTS) is 1. The van der Waals surface area contributed by atoms with Crippen molar-refractivity contribution in [2.45, 2.75) is 30.1 Å². The van der Waals surface area contributed by atoms with Crippen LogP contribution in [0.2, 0.25) is 0 Å². The number of hydrogen-bond donors (Lipinski definition) is 1. The molecule has 0 spiro atoms. The fraction of sp³-hybridized carbons (Fsp3) is 0.462. The standard InChI is InChI=1S/C13H17BrO2S2/c1-13(2,12(15)16)7-8-5-9(14)11(18-4)10(6-8)17-3/h5-6H,7H2,1-4H3,(H,15,16). The number of benzene rings is 1. The molecule has 1 aromatic carbocycles. The summed E-state index contributed by atoms with van der Waals surface area (Å²) in [5, 5.41) is 9.18. The highest BCUT2D eigenvalue weighted by Crippen LogP contribution is 2.37. The predicted molar refractivity (Wildman–Crippen MR) is 82.8 cm³/mol. The molecular weight excluding hydrogens is 332 g/mol. The number of rotatable bonds is 5. The quantitative estimate of drug-likeness (QED) is 0.792. The first-order chi connectivity index (χ1) is 8.31. The lowest BCUT2D eigenvalue weighted by Gasteiger charge is -2.20. The minimum Gasteiger partial charge on any atom is -0.481 e. The third-order valence-electron chi connectivity index (χ3n) is 2.72. The second-order valence-electron chi connectivity index (χ2n) is 4.68. The van der Waals surface area contributed by atoms with Crippen LogP contribution in [-0.2, 0) is 11.2 Å². The highest BCUT2D eigenvalue weighted by atomic mass is 79.9. The summed E-state index contributed by atoms with van der Waals surface area (Å²) in [6.07, 6.45) is 4.61. The van der Waals surface area contributed by atoms with Crippen molar-refractivity contribution in [2.24, 2.45) is 5.41 Å². The summed E-state index contributed by atoms with van der Waals surface area (Å²) in [5.41, 5.74) is 0.312. The van der Waals surface area contributed by atoms with Gasteiger partial charge in [-0.25, -0.2) is 0 Å². The predicted octanol–water partition coefficient (Wildman–Crippen LogP) is 4.55. The molecule has 0 aromatic heterocycles. The van der Waals surface area contributed by atoms with Crippen LogP contribution in [0.15, 0.2) is 26.4 Å². The maximum absolute atomic E-state index is 11.2. The Morgan fingerprint density at radius 1 is 1.33 bits per heavy atom. The van der Waals surface area contributed by atoms with Crippen LogP contribution in [0.1, 0.15) is 19.4 Å². The third-order valence-corrected chi connectivity index (χ3v) is 5.35. The van der Waals surface area contributed by atoms with Crippen molar-refractivity contribution < 1.29 is 9.90 Å². The second kappa shape index (κ2) is 6.35. The van der Waals surface area contributed by atoms with Gasteiger partial charge in [-0.2, -0.15) is 0 Å². The van der Waals surface area contributed by atoms with Crippen LogP contribution in [0.4, 0.5) is 0 Å². The van der Waals surface area contributed by atoms with Crippen molar-refractivity contribution in [1.82, 2.24) is 0 Å². The molecule has 0 aliphatic heterocycles. The lowest BCUT2D eigenvalue weighted by atomic mass is 9.86. The first-order valence-electron chi connectivity index (χ1n) is 5.45. The molecule has 0 atom stereocenters. The Balaban J connectivity index is 3.13. The van der Waals surface area contributed by atoms with Gasteiger partial charge < -0.3 is 5.11 Å². The first-order valence-corrected chi connectivity index (χ1v) is 8.70. The SMILES string of the molecule is CSc1cc(CC(C)(C)C(=O)O)cc(Br)c1SC. The highest BCUT2D eigenvalue weighted by Gasteiger charge is 2.27. The summed E-state index contributed by atoms with van der Waals surface area (Å²) in [6, 6.07) is 4.11. The van der Waals surface area contributed by atoms with E-state index in [0.29, 0.717) is 6.42 Å². The summed E-state index contributed by atoms with van der Waals surface area (Å²) in [4.78, 5) is 13.6. The Labute approximate surface area is 125 Å². The smallest absolute Gasteiger partial charge is 0.309 e. The average molecular weight is 349 g/mol. The van der Waals surface area contributed by atoms with Crippen LogP contribution >= 0.6 is 39.5 Å². The monoisotopic (exact) mass is 348 g/mol. The Hall–Kier alpha value is -0.130. The topological polar surface area (TPSA) is 37.3 Å². The van der Waals surface area contributed by atoms with Gasteiger partial charge in [-0.1, -0.05) is 0 Å². The van der Waals surface area contributed by atoms with Crippen LogP contribution in [0.3, 0.4) is 0 Å². The minimum absolute atomic E-state index is 0.531. The molecule has 0 saturated heterocycles. The molecular formula is C13H17BrO2S2. The molecule has 2 nitrogen and oxygen atoms in total. The van der Waals surface area contributed by atoms with Crippen LogP contribution in [0.5, 0.6) is 0 Å². The Morgan fingerprint density at radius 2 is 1.94 bits per heavy atom. The van der Waals surface area contributed by atoms with E-state index >= 15 is 0 Å². The summed E-state index contributed by atoms with van der Waals surface area (Å²) < 4.78 is 1.04. The maximum atomic E-state index is 11.2. The van der Waals surface area contributed by atoms with Gasteiger partial charge in [0.05, 0.1) is 5.41 Å². The molecule has 1 N–H and O–H groups in total. The zero-order chi connectivity index (χ0) is 13.9. The van der Waals surface area contributed by atoms with Crippen molar-refractivity contribution in [3.63, 3.8) is 0 Å². The molecule has 0 unspecified atom stereocenters.